The molecule has 1 aromatic carbocycles. The summed E-state index contributed by atoms with van der Waals surface area (Å²) in [6.45, 7) is 6.61. The first kappa shape index (κ1) is 16.3. The lowest BCUT2D eigenvalue weighted by Crippen LogP contribution is -2.35. The maximum Gasteiger partial charge on any atom is 0.255 e. The Morgan fingerprint density at radius 1 is 1.30 bits per heavy atom. The van der Waals surface area contributed by atoms with Crippen molar-refractivity contribution in [3.8, 4) is 0 Å². The summed E-state index contributed by atoms with van der Waals surface area (Å²) in [5.41, 5.74) is 3.13. The van der Waals surface area contributed by atoms with E-state index in [9.17, 15) is 4.79 Å². The fraction of sp³-hybridized carbons (Fsp3) is 0.444. The Bertz CT molecular complexity index is 737. The zero-order valence-electron chi connectivity index (χ0n) is 13.9. The van der Waals surface area contributed by atoms with Crippen LogP contribution in [0.5, 0.6) is 0 Å². The molecule has 0 radical (unpaired) electrons. The van der Waals surface area contributed by atoms with Crippen LogP contribution >= 0.6 is 11.8 Å². The van der Waals surface area contributed by atoms with E-state index in [2.05, 4.69) is 59.2 Å². The maximum atomic E-state index is 12.3. The van der Waals surface area contributed by atoms with Gasteiger partial charge in [0.1, 0.15) is 5.82 Å². The minimum absolute atomic E-state index is 0.0288. The second-order valence-corrected chi connectivity index (χ2v) is 7.22. The summed E-state index contributed by atoms with van der Waals surface area (Å²) in [5.74, 6) is 1.05. The average molecular weight is 329 g/mol. The van der Waals surface area contributed by atoms with Gasteiger partial charge in [0, 0.05) is 36.9 Å². The van der Waals surface area contributed by atoms with Crippen LogP contribution in [-0.2, 0) is 19.5 Å². The zero-order chi connectivity index (χ0) is 16.4. The van der Waals surface area contributed by atoms with E-state index in [4.69, 9.17) is 0 Å². The minimum atomic E-state index is 0.0288. The van der Waals surface area contributed by atoms with Gasteiger partial charge in [0.25, 0.3) is 5.56 Å². The van der Waals surface area contributed by atoms with Gasteiger partial charge in [0.15, 0.2) is 0 Å². The Hall–Kier alpha value is -1.59. The molecule has 0 atom stereocenters. The summed E-state index contributed by atoms with van der Waals surface area (Å²) in [5, 5.41) is 0. The quantitative estimate of drug-likeness (QED) is 0.875. The van der Waals surface area contributed by atoms with Crippen molar-refractivity contribution < 1.29 is 0 Å². The van der Waals surface area contributed by atoms with Crippen molar-refractivity contribution in [2.24, 2.45) is 0 Å². The molecule has 0 aliphatic carbocycles. The van der Waals surface area contributed by atoms with Gasteiger partial charge < -0.3 is 4.98 Å². The predicted octanol–water partition coefficient (Wildman–Crippen LogP) is 3.17. The van der Waals surface area contributed by atoms with Gasteiger partial charge in [-0.3, -0.25) is 9.69 Å². The van der Waals surface area contributed by atoms with Gasteiger partial charge in [-0.05, 0) is 24.0 Å². The third kappa shape index (κ3) is 3.67. The average Bonchev–Trinajstić information content (AvgIpc) is 2.56. The number of aromatic amines is 1. The predicted molar refractivity (Wildman–Crippen MR) is 95.0 cm³/mol. The van der Waals surface area contributed by atoms with Crippen LogP contribution in [0.1, 0.15) is 42.4 Å². The molecule has 5 heteroatoms. The molecule has 1 aliphatic heterocycles. The first-order valence-electron chi connectivity index (χ1n) is 8.04. The van der Waals surface area contributed by atoms with E-state index in [-0.39, 0.29) is 11.5 Å². The summed E-state index contributed by atoms with van der Waals surface area (Å²) in [6, 6.07) is 8.65. The van der Waals surface area contributed by atoms with Gasteiger partial charge in [-0.15, -0.1) is 11.8 Å². The standard InChI is InChI=1S/C18H23N3OS/c1-12(2)17-19-16-8-9-21(11-15(16)18(22)20-17)10-13-4-6-14(23-3)7-5-13/h4-7,12H,8-11H2,1-3H3,(H,19,20,22). The number of thioether (sulfide) groups is 1. The molecule has 4 nitrogen and oxygen atoms in total. The van der Waals surface area contributed by atoms with Gasteiger partial charge in [0.2, 0.25) is 0 Å². The van der Waals surface area contributed by atoms with Crippen LogP contribution < -0.4 is 5.56 Å². The van der Waals surface area contributed by atoms with Gasteiger partial charge in [0.05, 0.1) is 11.3 Å². The van der Waals surface area contributed by atoms with Crippen LogP contribution in [0, 0.1) is 0 Å². The summed E-state index contributed by atoms with van der Waals surface area (Å²) in [7, 11) is 0. The van der Waals surface area contributed by atoms with E-state index in [0.29, 0.717) is 6.54 Å². The molecule has 0 unspecified atom stereocenters. The van der Waals surface area contributed by atoms with E-state index in [0.717, 1.165) is 36.6 Å². The van der Waals surface area contributed by atoms with E-state index in [1.807, 2.05) is 0 Å². The lowest BCUT2D eigenvalue weighted by molar-refractivity contribution is 0.241. The van der Waals surface area contributed by atoms with Crippen molar-refractivity contribution in [2.75, 3.05) is 12.8 Å². The molecular formula is C18H23N3OS. The van der Waals surface area contributed by atoms with E-state index in [1.165, 1.54) is 10.5 Å². The van der Waals surface area contributed by atoms with Crippen LogP contribution in [0.15, 0.2) is 34.0 Å². The number of fused-ring (bicyclic) bond motifs is 1. The smallest absolute Gasteiger partial charge is 0.255 e. The van der Waals surface area contributed by atoms with Crippen molar-refractivity contribution in [3.63, 3.8) is 0 Å². The number of rotatable bonds is 4. The summed E-state index contributed by atoms with van der Waals surface area (Å²) >= 11 is 1.75. The fourth-order valence-corrected chi connectivity index (χ4v) is 3.31. The molecule has 1 aromatic heterocycles. The van der Waals surface area contributed by atoms with E-state index in [1.54, 1.807) is 11.8 Å². The number of nitrogens with one attached hydrogen (secondary N) is 1. The van der Waals surface area contributed by atoms with Gasteiger partial charge in [-0.25, -0.2) is 4.98 Å². The third-order valence-electron chi connectivity index (χ3n) is 4.28. The molecule has 1 N–H and O–H groups in total. The Kier molecular flexibility index (Phi) is 4.87. The Balaban J connectivity index is 1.76. The van der Waals surface area contributed by atoms with Crippen LogP contribution in [0.3, 0.4) is 0 Å². The molecule has 0 amide bonds. The van der Waals surface area contributed by atoms with Crippen molar-refractivity contribution in [1.29, 1.82) is 0 Å². The summed E-state index contributed by atoms with van der Waals surface area (Å²) in [6.07, 6.45) is 2.93. The highest BCUT2D eigenvalue weighted by atomic mass is 32.2. The Morgan fingerprint density at radius 2 is 2.04 bits per heavy atom. The van der Waals surface area contributed by atoms with Crippen LogP contribution in [-0.4, -0.2) is 27.7 Å². The zero-order valence-corrected chi connectivity index (χ0v) is 14.7. The van der Waals surface area contributed by atoms with Gasteiger partial charge in [-0.1, -0.05) is 26.0 Å². The topological polar surface area (TPSA) is 49.0 Å². The number of aromatic nitrogens is 2. The minimum Gasteiger partial charge on any atom is -0.310 e. The van der Waals surface area contributed by atoms with E-state index >= 15 is 0 Å². The Morgan fingerprint density at radius 3 is 2.70 bits per heavy atom. The molecule has 0 saturated carbocycles. The van der Waals surface area contributed by atoms with Crippen molar-refractivity contribution in [3.05, 3.63) is 57.3 Å². The molecule has 0 spiro atoms. The van der Waals surface area contributed by atoms with Crippen molar-refractivity contribution in [2.45, 2.75) is 44.2 Å². The number of hydrogen-bond acceptors (Lipinski definition) is 4. The molecule has 1 aliphatic rings. The van der Waals surface area contributed by atoms with Crippen LogP contribution in [0.4, 0.5) is 0 Å². The largest absolute Gasteiger partial charge is 0.310 e. The number of H-pyrrole nitrogens is 1. The molecule has 0 fully saturated rings. The van der Waals surface area contributed by atoms with Crippen molar-refractivity contribution in [1.82, 2.24) is 14.9 Å². The Labute approximate surface area is 141 Å². The molecule has 122 valence electrons. The van der Waals surface area contributed by atoms with E-state index < -0.39 is 0 Å². The second-order valence-electron chi connectivity index (χ2n) is 6.34. The lowest BCUT2D eigenvalue weighted by atomic mass is 10.0. The highest BCUT2D eigenvalue weighted by Gasteiger charge is 2.21. The first-order valence-corrected chi connectivity index (χ1v) is 9.26. The second kappa shape index (κ2) is 6.89. The molecule has 0 bridgehead atoms. The molecule has 2 heterocycles. The summed E-state index contributed by atoms with van der Waals surface area (Å²) in [4.78, 5) is 23.5. The normalized spacial score (nSPS) is 15.0. The number of hydrogen-bond donors (Lipinski definition) is 1. The number of benzene rings is 1. The molecule has 3 rings (SSSR count). The van der Waals surface area contributed by atoms with Crippen LogP contribution in [0.25, 0.3) is 0 Å². The first-order chi connectivity index (χ1) is 11.1. The highest BCUT2D eigenvalue weighted by molar-refractivity contribution is 7.98. The maximum absolute atomic E-state index is 12.3. The number of nitrogens with zero attached hydrogens (tertiary/aromatic N) is 2. The fourth-order valence-electron chi connectivity index (χ4n) is 2.90. The molecule has 23 heavy (non-hydrogen) atoms. The third-order valence-corrected chi connectivity index (χ3v) is 5.02. The molecular weight excluding hydrogens is 306 g/mol. The van der Waals surface area contributed by atoms with Crippen LogP contribution in [0.2, 0.25) is 0 Å². The monoisotopic (exact) mass is 329 g/mol. The summed E-state index contributed by atoms with van der Waals surface area (Å²) < 4.78 is 0. The van der Waals surface area contributed by atoms with Crippen molar-refractivity contribution >= 4 is 11.8 Å². The van der Waals surface area contributed by atoms with Gasteiger partial charge >= 0.3 is 0 Å². The SMILES string of the molecule is CSc1ccc(CN2CCc3nc(C(C)C)[nH]c(=O)c3C2)cc1. The lowest BCUT2D eigenvalue weighted by Gasteiger charge is -2.28. The van der Waals surface area contributed by atoms with Gasteiger partial charge in [-0.2, -0.15) is 0 Å². The molecule has 2 aromatic rings. The molecule has 0 saturated heterocycles. The highest BCUT2D eigenvalue weighted by Crippen LogP contribution is 2.20.